The molecular formula is C26H28N2O4. The molecule has 4 rings (SSSR count). The standard InChI is InChI=1S/C26H28N2O4/c29-26(30)18-31-25-11-5-9-22-20(8-4-10-23(22)25)13-15-32-28-24(16-19-12-14-27-17-19)21-6-2-1-3-7-21/h1-3,5-7,9,11-14,17,24,27-28H,4,8,10,15-16,18H2,(H,29,30). The van der Waals surface area contributed by atoms with Crippen LogP contribution >= 0.6 is 0 Å². The predicted octanol–water partition coefficient (Wildman–Crippen LogP) is 4.70. The average molecular weight is 433 g/mol. The fourth-order valence-electron chi connectivity index (χ4n) is 4.13. The molecule has 0 radical (unpaired) electrons. The summed E-state index contributed by atoms with van der Waals surface area (Å²) in [6, 6.07) is 18.2. The highest BCUT2D eigenvalue weighted by atomic mass is 16.6. The van der Waals surface area contributed by atoms with Crippen molar-refractivity contribution in [3.63, 3.8) is 0 Å². The number of aromatic nitrogens is 1. The van der Waals surface area contributed by atoms with E-state index in [0.717, 1.165) is 36.8 Å². The van der Waals surface area contributed by atoms with E-state index in [2.05, 4.69) is 40.8 Å². The van der Waals surface area contributed by atoms with Crippen molar-refractivity contribution in [1.29, 1.82) is 0 Å². The molecule has 1 unspecified atom stereocenters. The second-order valence-electron chi connectivity index (χ2n) is 7.86. The van der Waals surface area contributed by atoms with Gasteiger partial charge in [-0.1, -0.05) is 48.5 Å². The van der Waals surface area contributed by atoms with Gasteiger partial charge in [-0.15, -0.1) is 0 Å². The minimum absolute atomic E-state index is 0.0417. The highest BCUT2D eigenvalue weighted by molar-refractivity contribution is 5.73. The van der Waals surface area contributed by atoms with Gasteiger partial charge in [0.2, 0.25) is 0 Å². The molecule has 3 aromatic rings. The molecule has 2 aromatic carbocycles. The molecule has 0 saturated heterocycles. The van der Waals surface area contributed by atoms with Crippen LogP contribution in [0.3, 0.4) is 0 Å². The average Bonchev–Trinajstić information content (AvgIpc) is 3.33. The Bertz CT molecular complexity index is 1040. The molecule has 1 aliphatic rings. The van der Waals surface area contributed by atoms with Crippen LogP contribution in [0.1, 0.15) is 41.1 Å². The van der Waals surface area contributed by atoms with Crippen LogP contribution in [0, 0.1) is 0 Å². The number of allylic oxidation sites excluding steroid dienone is 1. The summed E-state index contributed by atoms with van der Waals surface area (Å²) in [6.07, 6.45) is 9.69. The smallest absolute Gasteiger partial charge is 0.341 e. The summed E-state index contributed by atoms with van der Waals surface area (Å²) >= 11 is 0. The van der Waals surface area contributed by atoms with Crippen molar-refractivity contribution in [3.05, 3.63) is 95.3 Å². The summed E-state index contributed by atoms with van der Waals surface area (Å²) in [5, 5.41) is 8.92. The van der Waals surface area contributed by atoms with E-state index in [4.69, 9.17) is 14.7 Å². The topological polar surface area (TPSA) is 83.6 Å². The normalized spacial score (nSPS) is 15.3. The molecule has 0 bridgehead atoms. The van der Waals surface area contributed by atoms with E-state index in [1.54, 1.807) is 0 Å². The molecule has 1 aliphatic carbocycles. The van der Waals surface area contributed by atoms with Gasteiger partial charge in [0.1, 0.15) is 5.75 Å². The van der Waals surface area contributed by atoms with Gasteiger partial charge < -0.3 is 14.8 Å². The molecule has 6 nitrogen and oxygen atoms in total. The lowest BCUT2D eigenvalue weighted by molar-refractivity contribution is -0.139. The van der Waals surface area contributed by atoms with Crippen LogP contribution in [0.15, 0.2) is 73.1 Å². The monoisotopic (exact) mass is 432 g/mol. The molecule has 166 valence electrons. The minimum atomic E-state index is -0.971. The van der Waals surface area contributed by atoms with Crippen molar-refractivity contribution in [2.75, 3.05) is 13.2 Å². The first-order valence-corrected chi connectivity index (χ1v) is 10.9. The van der Waals surface area contributed by atoms with Gasteiger partial charge in [-0.2, -0.15) is 5.48 Å². The van der Waals surface area contributed by atoms with E-state index in [1.807, 2.05) is 42.7 Å². The molecule has 32 heavy (non-hydrogen) atoms. The van der Waals surface area contributed by atoms with Gasteiger partial charge in [-0.3, -0.25) is 4.84 Å². The third-order valence-corrected chi connectivity index (χ3v) is 5.65. The molecule has 0 saturated carbocycles. The van der Waals surface area contributed by atoms with Crippen molar-refractivity contribution >= 4 is 11.5 Å². The van der Waals surface area contributed by atoms with E-state index in [9.17, 15) is 4.79 Å². The third kappa shape index (κ3) is 5.66. The SMILES string of the molecule is O=C(O)COc1cccc2c1CCCC2=CCONC(Cc1cc[nH]c1)c1ccccc1. The van der Waals surface area contributed by atoms with Crippen LogP contribution in [-0.4, -0.2) is 29.3 Å². The number of carboxylic acids is 1. The number of hydrogen-bond acceptors (Lipinski definition) is 4. The van der Waals surface area contributed by atoms with Crippen LogP contribution < -0.4 is 10.2 Å². The zero-order chi connectivity index (χ0) is 22.2. The summed E-state index contributed by atoms with van der Waals surface area (Å²) in [5.74, 6) is -0.313. The zero-order valence-electron chi connectivity index (χ0n) is 17.9. The first-order valence-electron chi connectivity index (χ1n) is 10.9. The Morgan fingerprint density at radius 3 is 2.78 bits per heavy atom. The number of aromatic amines is 1. The predicted molar refractivity (Wildman–Crippen MR) is 123 cm³/mol. The van der Waals surface area contributed by atoms with Gasteiger partial charge >= 0.3 is 5.97 Å². The lowest BCUT2D eigenvalue weighted by Gasteiger charge is -2.22. The Hall–Kier alpha value is -3.35. The number of hydroxylamine groups is 1. The fraction of sp³-hybridized carbons (Fsp3) is 0.269. The van der Waals surface area contributed by atoms with Gasteiger partial charge in [-0.25, -0.2) is 4.79 Å². The van der Waals surface area contributed by atoms with Crippen molar-refractivity contribution in [3.8, 4) is 5.75 Å². The number of hydrogen-bond donors (Lipinski definition) is 3. The zero-order valence-corrected chi connectivity index (χ0v) is 17.9. The quantitative estimate of drug-likeness (QED) is 0.319. The fourth-order valence-corrected chi connectivity index (χ4v) is 4.13. The van der Waals surface area contributed by atoms with Gasteiger partial charge in [0.05, 0.1) is 12.6 Å². The maximum absolute atomic E-state index is 10.9. The number of ether oxygens (including phenoxy) is 1. The number of carbonyl (C=O) groups is 1. The summed E-state index contributed by atoms with van der Waals surface area (Å²) < 4.78 is 5.50. The molecule has 0 amide bonds. The Balaban J connectivity index is 1.41. The highest BCUT2D eigenvalue weighted by Crippen LogP contribution is 2.36. The minimum Gasteiger partial charge on any atom is -0.482 e. The Morgan fingerprint density at radius 1 is 1.12 bits per heavy atom. The second kappa shape index (κ2) is 10.8. The second-order valence-corrected chi connectivity index (χ2v) is 7.86. The van der Waals surface area contributed by atoms with E-state index in [-0.39, 0.29) is 12.6 Å². The number of rotatable bonds is 10. The maximum Gasteiger partial charge on any atom is 0.341 e. The Labute approximate surface area is 187 Å². The Kier molecular flexibility index (Phi) is 7.38. The van der Waals surface area contributed by atoms with Crippen LogP contribution in [0.5, 0.6) is 5.75 Å². The molecule has 1 aromatic heterocycles. The van der Waals surface area contributed by atoms with Gasteiger partial charge in [-0.05, 0) is 60.1 Å². The van der Waals surface area contributed by atoms with E-state index in [0.29, 0.717) is 12.4 Å². The number of aliphatic carboxylic acids is 1. The number of H-pyrrole nitrogens is 1. The number of fused-ring (bicyclic) bond motifs is 1. The van der Waals surface area contributed by atoms with Crippen molar-refractivity contribution in [2.24, 2.45) is 0 Å². The van der Waals surface area contributed by atoms with Crippen molar-refractivity contribution in [1.82, 2.24) is 10.5 Å². The molecule has 0 spiro atoms. The van der Waals surface area contributed by atoms with Crippen LogP contribution in [0.2, 0.25) is 0 Å². The lowest BCUT2D eigenvalue weighted by atomic mass is 9.86. The first kappa shape index (κ1) is 21.9. The molecular weight excluding hydrogens is 404 g/mol. The van der Waals surface area contributed by atoms with E-state index >= 15 is 0 Å². The van der Waals surface area contributed by atoms with Crippen molar-refractivity contribution < 1.29 is 19.5 Å². The molecule has 3 N–H and O–H groups in total. The maximum atomic E-state index is 10.9. The first-order chi connectivity index (χ1) is 15.7. The van der Waals surface area contributed by atoms with Gasteiger partial charge in [0.15, 0.2) is 6.61 Å². The molecule has 1 heterocycles. The van der Waals surface area contributed by atoms with Crippen molar-refractivity contribution in [2.45, 2.75) is 31.7 Å². The molecule has 0 aliphatic heterocycles. The number of nitrogens with one attached hydrogen (secondary N) is 2. The summed E-state index contributed by atoms with van der Waals surface area (Å²) in [4.78, 5) is 19.9. The summed E-state index contributed by atoms with van der Waals surface area (Å²) in [5.41, 5.74) is 9.02. The molecule has 0 fully saturated rings. The molecule has 6 heteroatoms. The van der Waals surface area contributed by atoms with Gasteiger partial charge in [0, 0.05) is 18.0 Å². The summed E-state index contributed by atoms with van der Waals surface area (Å²) in [6.45, 7) is 0.107. The highest BCUT2D eigenvalue weighted by Gasteiger charge is 2.18. The van der Waals surface area contributed by atoms with Crippen LogP contribution in [0.4, 0.5) is 0 Å². The largest absolute Gasteiger partial charge is 0.482 e. The third-order valence-electron chi connectivity index (χ3n) is 5.65. The number of carboxylic acid groups (broad SMARTS) is 1. The molecule has 1 atom stereocenters. The van der Waals surface area contributed by atoms with Gasteiger partial charge in [0.25, 0.3) is 0 Å². The van der Waals surface area contributed by atoms with Crippen LogP contribution in [-0.2, 0) is 22.5 Å². The number of benzene rings is 2. The lowest BCUT2D eigenvalue weighted by Crippen LogP contribution is -2.24. The van der Waals surface area contributed by atoms with Crippen LogP contribution in [0.25, 0.3) is 5.57 Å². The summed E-state index contributed by atoms with van der Waals surface area (Å²) in [7, 11) is 0. The van der Waals surface area contributed by atoms with E-state index < -0.39 is 5.97 Å². The Morgan fingerprint density at radius 2 is 2.00 bits per heavy atom. The van der Waals surface area contributed by atoms with E-state index in [1.165, 1.54) is 16.7 Å².